The van der Waals surface area contributed by atoms with E-state index in [4.69, 9.17) is 40.9 Å². The predicted molar refractivity (Wildman–Crippen MR) is 88.6 cm³/mol. The van der Waals surface area contributed by atoms with Crippen molar-refractivity contribution in [3.8, 4) is 0 Å². The summed E-state index contributed by atoms with van der Waals surface area (Å²) in [6, 6.07) is 0. The van der Waals surface area contributed by atoms with Gasteiger partial charge in [-0.05, 0) is 0 Å². The fourth-order valence-corrected chi connectivity index (χ4v) is 2.06. The Morgan fingerprint density at radius 3 is 1.07 bits per heavy atom. The number of halogens is 2. The minimum Gasteiger partial charge on any atom is -1.00 e. The Bertz CT molecular complexity index is 380. The molecule has 8 atom stereocenters. The maximum atomic E-state index is 9.24. The van der Waals surface area contributed by atoms with Crippen LogP contribution in [0, 0.1) is 0 Å². The van der Waals surface area contributed by atoms with E-state index in [2.05, 4.69) is 9.47 Å². The number of aliphatic hydroxyl groups excluding tert-OH is 8. The van der Waals surface area contributed by atoms with Gasteiger partial charge in [0.05, 0.1) is 26.4 Å². The van der Waals surface area contributed by atoms with Crippen LogP contribution in [0.4, 0.5) is 0 Å². The molecule has 0 amide bonds. The molecule has 2 heterocycles. The number of rotatable bonds is 2. The Kier molecular flexibility index (Phi) is 29.0. The molecule has 2 aliphatic heterocycles. The molecule has 0 aliphatic carbocycles. The summed E-state index contributed by atoms with van der Waals surface area (Å²) >= 11 is 0. The molecule has 16 N–H and O–H groups in total. The second-order valence-electron chi connectivity index (χ2n) is 5.63. The number of hydrogen-bond donors (Lipinski definition) is 10. The van der Waals surface area contributed by atoms with Gasteiger partial charge in [-0.25, -0.2) is 0 Å². The molecule has 15 nitrogen and oxygen atoms in total. The van der Waals surface area contributed by atoms with Crippen molar-refractivity contribution < 1.29 is 111 Å². The third-order valence-electron chi connectivity index (χ3n) is 3.82. The Hall–Kier alpha value is 1.84. The van der Waals surface area contributed by atoms with E-state index in [9.17, 15) is 10.2 Å². The van der Waals surface area contributed by atoms with Gasteiger partial charge >= 0.3 is 45.5 Å². The average molecular weight is 662 g/mol. The quantitative estimate of drug-likeness (QED) is 0.123. The Labute approximate surface area is 229 Å². The minimum atomic E-state index is -2.17. The summed E-state index contributed by atoms with van der Waals surface area (Å²) in [4.78, 5) is 0. The number of aliphatic hydroxyl groups is 10. The van der Waals surface area contributed by atoms with Crippen molar-refractivity contribution in [2.75, 3.05) is 26.4 Å². The second-order valence-corrected chi connectivity index (χ2v) is 5.63. The molecule has 184 valence electrons. The van der Waals surface area contributed by atoms with Crippen LogP contribution in [-0.4, -0.2) is 188 Å². The normalized spacial score (nSPS) is 39.4. The third kappa shape index (κ3) is 10.8. The van der Waals surface area contributed by atoms with Gasteiger partial charge in [0.25, 0.3) is 0 Å². The van der Waals surface area contributed by atoms with Crippen LogP contribution in [-0.2, 0) is 9.47 Å². The van der Waals surface area contributed by atoms with E-state index in [0.29, 0.717) is 0 Å². The van der Waals surface area contributed by atoms with Gasteiger partial charge in [0.2, 0.25) is 11.6 Å². The van der Waals surface area contributed by atoms with E-state index in [0.717, 1.165) is 0 Å². The van der Waals surface area contributed by atoms with Gasteiger partial charge in [0.1, 0.15) is 36.6 Å². The van der Waals surface area contributed by atoms with Gasteiger partial charge in [-0.2, -0.15) is 0 Å². The van der Waals surface area contributed by atoms with Crippen molar-refractivity contribution in [3.63, 3.8) is 0 Å². The fourth-order valence-electron chi connectivity index (χ4n) is 2.06. The van der Waals surface area contributed by atoms with Crippen molar-refractivity contribution in [1.29, 1.82) is 0 Å². The zero-order valence-corrected chi connectivity index (χ0v) is 22.2. The molecular weight excluding hydrogens is 632 g/mol. The van der Waals surface area contributed by atoms with Crippen LogP contribution >= 0.6 is 0 Å². The zero-order chi connectivity index (χ0) is 18.7. The topological polar surface area (TPSA) is 315 Å². The van der Waals surface area contributed by atoms with Crippen LogP contribution in [0.15, 0.2) is 0 Å². The van der Waals surface area contributed by atoms with Gasteiger partial charge in [0.15, 0.2) is 0 Å². The van der Waals surface area contributed by atoms with Crippen molar-refractivity contribution in [3.05, 3.63) is 0 Å². The summed E-state index contributed by atoms with van der Waals surface area (Å²) in [5.74, 6) is -4.34. The predicted octanol–water partition coefficient (Wildman–Crippen LogP) is -15.3. The SMILES string of the molecule is O.O.O.OC[C@@]1(O)OC[C@@H](O)[C@@H](O)[C@@H]1O.OC[C@@]1(O)OC[C@@H](O)[C@@H](O)[C@@H]1O.[Br-].[Br-].[Sr+2]. The van der Waals surface area contributed by atoms with Crippen molar-refractivity contribution in [1.82, 2.24) is 0 Å². The first kappa shape index (κ1) is 45.4. The molecule has 2 saturated heterocycles. The van der Waals surface area contributed by atoms with Crippen LogP contribution in [0.3, 0.4) is 0 Å². The van der Waals surface area contributed by atoms with E-state index >= 15 is 0 Å². The van der Waals surface area contributed by atoms with Crippen LogP contribution in [0.1, 0.15) is 0 Å². The maximum absolute atomic E-state index is 9.24. The minimum absolute atomic E-state index is 0. The molecular formula is C12H30Br2O15Sr. The fraction of sp³-hybridized carbons (Fsp3) is 1.00. The Morgan fingerprint density at radius 2 is 0.867 bits per heavy atom. The molecule has 0 spiro atoms. The summed E-state index contributed by atoms with van der Waals surface area (Å²) < 4.78 is 9.11. The van der Waals surface area contributed by atoms with Gasteiger partial charge in [-0.15, -0.1) is 0 Å². The van der Waals surface area contributed by atoms with Gasteiger partial charge < -0.3 is 111 Å². The maximum Gasteiger partial charge on any atom is 2.00 e. The number of hydrogen-bond acceptors (Lipinski definition) is 12. The Balaban J connectivity index is -0.0000000800. The molecule has 18 heteroatoms. The molecule has 0 aromatic heterocycles. The molecule has 0 saturated carbocycles. The first-order valence-electron chi connectivity index (χ1n) is 7.05. The van der Waals surface area contributed by atoms with Crippen molar-refractivity contribution in [2.45, 2.75) is 48.2 Å². The van der Waals surface area contributed by atoms with E-state index in [1.54, 1.807) is 0 Å². The largest absolute Gasteiger partial charge is 2.00 e. The first-order valence-corrected chi connectivity index (χ1v) is 7.05. The summed E-state index contributed by atoms with van der Waals surface area (Å²) in [6.45, 7) is -2.32. The standard InChI is InChI=1S/2C6H12O6.2BrH.3H2O.Sr/c2*7-2-6(11)5(10)4(9)3(8)1-12-6;;;;;;/h2*3-5,7-11H,1-2H2;2*1H;3*1H2;/q;;;;;;;+2/p-2/t2*3-,4-,5+,6-;;;;;;/m11....../s1. The van der Waals surface area contributed by atoms with Crippen molar-refractivity contribution in [2.24, 2.45) is 0 Å². The average Bonchev–Trinajstić information content (AvgIpc) is 2.59. The summed E-state index contributed by atoms with van der Waals surface area (Å²) in [5, 5.41) is 89.9. The molecule has 0 bridgehead atoms. The number of ether oxygens (including phenoxy) is 2. The summed E-state index contributed by atoms with van der Waals surface area (Å²) in [7, 11) is 0. The van der Waals surface area contributed by atoms with E-state index in [1.807, 2.05) is 0 Å². The molecule has 0 aromatic carbocycles. The van der Waals surface area contributed by atoms with Gasteiger partial charge in [-0.3, -0.25) is 0 Å². The molecule has 0 aromatic rings. The van der Waals surface area contributed by atoms with E-state index < -0.39 is 61.4 Å². The summed E-state index contributed by atoms with van der Waals surface area (Å²) in [6.07, 6.45) is -8.90. The smallest absolute Gasteiger partial charge is 1.00 e. The van der Waals surface area contributed by atoms with Crippen LogP contribution in [0.5, 0.6) is 0 Å². The summed E-state index contributed by atoms with van der Waals surface area (Å²) in [5.41, 5.74) is 0. The van der Waals surface area contributed by atoms with Crippen LogP contribution < -0.4 is 34.0 Å². The molecule has 2 aliphatic rings. The second kappa shape index (κ2) is 19.2. The first-order chi connectivity index (χ1) is 11.0. The molecule has 0 unspecified atom stereocenters. The molecule has 2 rings (SSSR count). The van der Waals surface area contributed by atoms with Crippen molar-refractivity contribution >= 4 is 45.5 Å². The van der Waals surface area contributed by atoms with E-state index in [1.165, 1.54) is 0 Å². The molecule has 2 fully saturated rings. The van der Waals surface area contributed by atoms with Crippen LogP contribution in [0.2, 0.25) is 0 Å². The van der Waals surface area contributed by atoms with Gasteiger partial charge in [-0.1, -0.05) is 0 Å². The monoisotopic (exact) mass is 660 g/mol. The zero-order valence-electron chi connectivity index (χ0n) is 15.5. The van der Waals surface area contributed by atoms with Crippen LogP contribution in [0.25, 0.3) is 0 Å². The molecule has 30 heavy (non-hydrogen) atoms. The van der Waals surface area contributed by atoms with E-state index in [-0.39, 0.29) is 109 Å². The Morgan fingerprint density at radius 1 is 0.633 bits per heavy atom. The molecule has 0 radical (unpaired) electrons. The van der Waals surface area contributed by atoms with Gasteiger partial charge in [0, 0.05) is 0 Å². The third-order valence-corrected chi connectivity index (χ3v) is 3.82.